The topological polar surface area (TPSA) is 36.1 Å². The Morgan fingerprint density at radius 3 is 2.70 bits per heavy atom. The molecule has 0 spiro atoms. The molecule has 2 atom stereocenters. The SMILES string of the molecule is O=C(C1CC1)C(c1ccccc1F)N1CCC(S)/C(=C/c2c[nH]c3ccccc23)C1. The van der Waals surface area contributed by atoms with Crippen molar-refractivity contribution in [2.24, 2.45) is 5.92 Å². The summed E-state index contributed by atoms with van der Waals surface area (Å²) in [6, 6.07) is 14.4. The summed E-state index contributed by atoms with van der Waals surface area (Å²) < 4.78 is 14.7. The van der Waals surface area contributed by atoms with Crippen LogP contribution in [-0.4, -0.2) is 34.0 Å². The number of rotatable bonds is 5. The van der Waals surface area contributed by atoms with Gasteiger partial charge in [-0.15, -0.1) is 0 Å². The fourth-order valence-electron chi connectivity index (χ4n) is 4.49. The number of carbonyl (C=O) groups excluding carboxylic acids is 1. The molecule has 3 nitrogen and oxygen atoms in total. The van der Waals surface area contributed by atoms with Crippen molar-refractivity contribution in [3.63, 3.8) is 0 Å². The number of halogens is 1. The third kappa shape index (κ3) is 3.72. The van der Waals surface area contributed by atoms with Gasteiger partial charge in [-0.3, -0.25) is 9.69 Å². The van der Waals surface area contributed by atoms with Gasteiger partial charge < -0.3 is 4.98 Å². The monoisotopic (exact) mass is 420 g/mol. The number of fused-ring (bicyclic) bond motifs is 1. The first kappa shape index (κ1) is 19.6. The van der Waals surface area contributed by atoms with Crippen LogP contribution in [0.5, 0.6) is 0 Å². The summed E-state index contributed by atoms with van der Waals surface area (Å²) >= 11 is 4.82. The molecule has 5 heteroatoms. The summed E-state index contributed by atoms with van der Waals surface area (Å²) in [4.78, 5) is 18.6. The Kier molecular flexibility index (Phi) is 5.25. The summed E-state index contributed by atoms with van der Waals surface area (Å²) in [6.45, 7) is 1.35. The third-order valence-electron chi connectivity index (χ3n) is 6.28. The quantitative estimate of drug-likeness (QED) is 0.541. The lowest BCUT2D eigenvalue weighted by Crippen LogP contribution is -2.42. The van der Waals surface area contributed by atoms with Gasteiger partial charge in [0, 0.05) is 46.9 Å². The lowest BCUT2D eigenvalue weighted by molar-refractivity contribution is -0.126. The van der Waals surface area contributed by atoms with Crippen LogP contribution >= 0.6 is 12.6 Å². The van der Waals surface area contributed by atoms with Gasteiger partial charge in [-0.2, -0.15) is 12.6 Å². The van der Waals surface area contributed by atoms with Crippen LogP contribution in [0.4, 0.5) is 4.39 Å². The molecule has 1 aromatic heterocycles. The first-order valence-corrected chi connectivity index (χ1v) is 11.1. The van der Waals surface area contributed by atoms with Crippen LogP contribution in [0.2, 0.25) is 0 Å². The number of piperidine rings is 1. The lowest BCUT2D eigenvalue weighted by atomic mass is 9.93. The number of nitrogens with zero attached hydrogens (tertiary/aromatic N) is 1. The maximum atomic E-state index is 14.7. The van der Waals surface area contributed by atoms with Crippen LogP contribution in [0.1, 0.15) is 36.4 Å². The van der Waals surface area contributed by atoms with Crippen molar-refractivity contribution in [2.45, 2.75) is 30.6 Å². The summed E-state index contributed by atoms with van der Waals surface area (Å²) in [7, 11) is 0. The van der Waals surface area contributed by atoms with Gasteiger partial charge in [0.2, 0.25) is 0 Å². The first-order chi connectivity index (χ1) is 14.6. The van der Waals surface area contributed by atoms with E-state index in [1.54, 1.807) is 12.1 Å². The highest BCUT2D eigenvalue weighted by Gasteiger charge is 2.40. The molecule has 2 aromatic carbocycles. The van der Waals surface area contributed by atoms with Gasteiger partial charge in [0.25, 0.3) is 0 Å². The molecule has 0 bridgehead atoms. The van der Waals surface area contributed by atoms with E-state index in [1.807, 2.05) is 24.4 Å². The van der Waals surface area contributed by atoms with Crippen molar-refractivity contribution in [1.29, 1.82) is 0 Å². The molecule has 2 fully saturated rings. The predicted molar refractivity (Wildman–Crippen MR) is 122 cm³/mol. The Labute approximate surface area is 181 Å². The van der Waals surface area contributed by atoms with Gasteiger partial charge in [0.15, 0.2) is 5.78 Å². The van der Waals surface area contributed by atoms with Crippen LogP contribution in [-0.2, 0) is 4.79 Å². The number of carbonyl (C=O) groups is 1. The minimum absolute atomic E-state index is 0.0735. The average Bonchev–Trinajstić information content (AvgIpc) is 3.53. The molecule has 154 valence electrons. The molecule has 3 aromatic rings. The Balaban J connectivity index is 1.49. The van der Waals surface area contributed by atoms with Gasteiger partial charge in [0.1, 0.15) is 5.82 Å². The Bertz CT molecular complexity index is 1120. The molecular formula is C25H25FN2OS. The standard InChI is InChI=1S/C25H25FN2OS/c26-21-7-3-1-6-20(21)24(25(29)16-9-10-16)28-12-11-23(30)18(15-28)13-17-14-27-22-8-4-2-5-19(17)22/h1-8,13-14,16,23-24,27,30H,9-12,15H2/b18-13+. The van der Waals surface area contributed by atoms with Gasteiger partial charge in [0.05, 0.1) is 6.04 Å². The predicted octanol–water partition coefficient (Wildman–Crippen LogP) is 5.41. The summed E-state index contributed by atoms with van der Waals surface area (Å²) in [5.74, 6) is -0.0693. The molecule has 1 N–H and O–H groups in total. The third-order valence-corrected chi connectivity index (χ3v) is 6.87. The number of ketones is 1. The van der Waals surface area contributed by atoms with Gasteiger partial charge in [-0.25, -0.2) is 4.39 Å². The van der Waals surface area contributed by atoms with E-state index < -0.39 is 6.04 Å². The molecule has 0 radical (unpaired) electrons. The number of H-pyrrole nitrogens is 1. The Morgan fingerprint density at radius 2 is 1.90 bits per heavy atom. The van der Waals surface area contributed by atoms with Crippen molar-refractivity contribution in [3.8, 4) is 0 Å². The molecule has 1 aliphatic heterocycles. The summed E-state index contributed by atoms with van der Waals surface area (Å²) in [6.07, 6.45) is 6.87. The van der Waals surface area contributed by atoms with Crippen molar-refractivity contribution < 1.29 is 9.18 Å². The van der Waals surface area contributed by atoms with Crippen LogP contribution in [0, 0.1) is 11.7 Å². The maximum absolute atomic E-state index is 14.7. The molecule has 30 heavy (non-hydrogen) atoms. The van der Waals surface area contributed by atoms with E-state index in [-0.39, 0.29) is 22.8 Å². The molecule has 2 unspecified atom stereocenters. The highest BCUT2D eigenvalue weighted by Crippen LogP contribution is 2.40. The van der Waals surface area contributed by atoms with Crippen molar-refractivity contribution >= 4 is 35.4 Å². The van der Waals surface area contributed by atoms with Gasteiger partial charge >= 0.3 is 0 Å². The number of likely N-dealkylation sites (tertiary alicyclic amines) is 1. The Morgan fingerprint density at radius 1 is 1.13 bits per heavy atom. The van der Waals surface area contributed by atoms with Crippen LogP contribution in [0.3, 0.4) is 0 Å². The minimum atomic E-state index is -0.522. The number of hydrogen-bond acceptors (Lipinski definition) is 3. The smallest absolute Gasteiger partial charge is 0.157 e. The highest BCUT2D eigenvalue weighted by atomic mass is 32.1. The number of aromatic nitrogens is 1. The van der Waals surface area contributed by atoms with E-state index >= 15 is 0 Å². The normalized spacial score (nSPS) is 22.5. The van der Waals surface area contributed by atoms with Crippen LogP contribution < -0.4 is 0 Å². The zero-order valence-electron chi connectivity index (χ0n) is 16.7. The molecule has 5 rings (SSSR count). The Hall–Kier alpha value is -2.37. The van der Waals surface area contributed by atoms with Gasteiger partial charge in [-0.1, -0.05) is 42.5 Å². The number of hydrogen-bond donors (Lipinski definition) is 2. The summed E-state index contributed by atoms with van der Waals surface area (Å²) in [5.41, 5.74) is 3.89. The zero-order valence-corrected chi connectivity index (χ0v) is 17.6. The number of thiol groups is 1. The van der Waals surface area contributed by atoms with Crippen molar-refractivity contribution in [3.05, 3.63) is 77.2 Å². The van der Waals surface area contributed by atoms with E-state index in [2.05, 4.69) is 28.1 Å². The maximum Gasteiger partial charge on any atom is 0.157 e. The number of aromatic amines is 1. The largest absolute Gasteiger partial charge is 0.361 e. The van der Waals surface area contributed by atoms with E-state index in [0.29, 0.717) is 12.1 Å². The summed E-state index contributed by atoms with van der Waals surface area (Å²) in [5, 5.41) is 1.30. The molecule has 2 heterocycles. The molecule has 1 saturated heterocycles. The first-order valence-electron chi connectivity index (χ1n) is 10.6. The second kappa shape index (κ2) is 8.05. The minimum Gasteiger partial charge on any atom is -0.361 e. The number of para-hydroxylation sites is 1. The number of Topliss-reactive ketones (excluding diaryl/α,β-unsaturated/α-hetero) is 1. The highest BCUT2D eigenvalue weighted by molar-refractivity contribution is 7.81. The van der Waals surface area contributed by atoms with Crippen molar-refractivity contribution in [2.75, 3.05) is 13.1 Å². The van der Waals surface area contributed by atoms with E-state index in [4.69, 9.17) is 12.6 Å². The number of benzene rings is 2. The molecule has 0 amide bonds. The second-order valence-corrected chi connectivity index (χ2v) is 9.01. The van der Waals surface area contributed by atoms with Gasteiger partial charge in [-0.05, 0) is 42.5 Å². The fourth-order valence-corrected chi connectivity index (χ4v) is 4.76. The van der Waals surface area contributed by atoms with Crippen molar-refractivity contribution in [1.82, 2.24) is 9.88 Å². The molecular weight excluding hydrogens is 395 g/mol. The average molecular weight is 421 g/mol. The van der Waals surface area contributed by atoms with E-state index in [0.717, 1.165) is 36.9 Å². The number of nitrogens with one attached hydrogen (secondary N) is 1. The van der Waals surface area contributed by atoms with Crippen LogP contribution in [0.25, 0.3) is 17.0 Å². The molecule has 2 aliphatic rings. The second-order valence-electron chi connectivity index (χ2n) is 8.38. The zero-order chi connectivity index (χ0) is 20.7. The lowest BCUT2D eigenvalue weighted by Gasteiger charge is -2.37. The fraction of sp³-hybridized carbons (Fsp3) is 0.320. The van der Waals surface area contributed by atoms with E-state index in [1.165, 1.54) is 17.0 Å². The van der Waals surface area contributed by atoms with Crippen LogP contribution in [0.15, 0.2) is 60.3 Å². The van der Waals surface area contributed by atoms with E-state index in [9.17, 15) is 9.18 Å². The molecule has 1 saturated carbocycles. The molecule has 1 aliphatic carbocycles.